The molecule has 7 heteroatoms. The van der Waals surface area contributed by atoms with E-state index in [1.165, 1.54) is 16.4 Å². The lowest BCUT2D eigenvalue weighted by molar-refractivity contribution is 0.430. The SMILES string of the molecule is C#CCN(CC1CC1)S(=O)(=O)c1cc(CN)c(Cl)cc1Cl. The average Bonchev–Trinajstić information content (AvgIpc) is 3.22. The summed E-state index contributed by atoms with van der Waals surface area (Å²) in [5, 5.41) is 0.433. The molecule has 1 fully saturated rings. The average molecular weight is 347 g/mol. The molecule has 1 saturated carbocycles. The molecule has 4 nitrogen and oxygen atoms in total. The molecule has 0 spiro atoms. The number of halogens is 2. The zero-order chi connectivity index (χ0) is 15.6. The number of hydrogen-bond acceptors (Lipinski definition) is 3. The van der Waals surface area contributed by atoms with Crippen molar-refractivity contribution in [1.29, 1.82) is 0 Å². The summed E-state index contributed by atoms with van der Waals surface area (Å²) < 4.78 is 26.8. The van der Waals surface area contributed by atoms with Gasteiger partial charge in [-0.1, -0.05) is 29.1 Å². The summed E-state index contributed by atoms with van der Waals surface area (Å²) >= 11 is 12.0. The predicted molar refractivity (Wildman–Crippen MR) is 84.7 cm³/mol. The van der Waals surface area contributed by atoms with E-state index in [0.717, 1.165) is 12.8 Å². The lowest BCUT2D eigenvalue weighted by atomic mass is 10.2. The maximum absolute atomic E-state index is 12.7. The third-order valence-corrected chi connectivity index (χ3v) is 5.99. The van der Waals surface area contributed by atoms with Crippen LogP contribution in [0, 0.1) is 18.3 Å². The molecule has 0 saturated heterocycles. The molecule has 0 radical (unpaired) electrons. The van der Waals surface area contributed by atoms with Crippen LogP contribution in [-0.2, 0) is 16.6 Å². The highest BCUT2D eigenvalue weighted by Crippen LogP contribution is 2.34. The van der Waals surface area contributed by atoms with Crippen molar-refractivity contribution < 1.29 is 8.42 Å². The number of hydrogen-bond donors (Lipinski definition) is 1. The van der Waals surface area contributed by atoms with E-state index >= 15 is 0 Å². The molecule has 0 unspecified atom stereocenters. The van der Waals surface area contributed by atoms with E-state index in [2.05, 4.69) is 5.92 Å². The quantitative estimate of drug-likeness (QED) is 0.804. The zero-order valence-electron chi connectivity index (χ0n) is 11.4. The second-order valence-corrected chi connectivity index (χ2v) is 7.74. The van der Waals surface area contributed by atoms with Crippen LogP contribution in [-0.4, -0.2) is 25.8 Å². The second-order valence-electron chi connectivity index (χ2n) is 5.02. The first kappa shape index (κ1) is 16.6. The number of rotatable bonds is 6. The highest BCUT2D eigenvalue weighted by molar-refractivity contribution is 7.89. The van der Waals surface area contributed by atoms with E-state index in [0.29, 0.717) is 23.0 Å². The van der Waals surface area contributed by atoms with E-state index in [9.17, 15) is 8.42 Å². The molecule has 114 valence electrons. The van der Waals surface area contributed by atoms with Crippen molar-refractivity contribution in [3.63, 3.8) is 0 Å². The summed E-state index contributed by atoms with van der Waals surface area (Å²) in [5.74, 6) is 2.77. The van der Waals surface area contributed by atoms with Gasteiger partial charge in [-0.15, -0.1) is 6.42 Å². The number of nitrogens with two attached hydrogens (primary N) is 1. The van der Waals surface area contributed by atoms with E-state index in [-0.39, 0.29) is 23.0 Å². The largest absolute Gasteiger partial charge is 0.326 e. The number of sulfonamides is 1. The van der Waals surface area contributed by atoms with Gasteiger partial charge in [-0.3, -0.25) is 0 Å². The molecule has 0 atom stereocenters. The van der Waals surface area contributed by atoms with Crippen molar-refractivity contribution in [2.24, 2.45) is 11.7 Å². The molecule has 2 rings (SSSR count). The Hall–Kier alpha value is -0.770. The topological polar surface area (TPSA) is 63.4 Å². The first-order valence-corrected chi connectivity index (χ1v) is 8.71. The summed E-state index contributed by atoms with van der Waals surface area (Å²) in [6.07, 6.45) is 7.34. The monoisotopic (exact) mass is 346 g/mol. The Balaban J connectivity index is 2.43. The maximum atomic E-state index is 12.7. The van der Waals surface area contributed by atoms with Crippen LogP contribution in [0.25, 0.3) is 0 Å². The van der Waals surface area contributed by atoms with Gasteiger partial charge in [0.15, 0.2) is 0 Å². The van der Waals surface area contributed by atoms with Crippen LogP contribution in [0.1, 0.15) is 18.4 Å². The molecule has 1 aliphatic carbocycles. The van der Waals surface area contributed by atoms with Crippen molar-refractivity contribution in [2.45, 2.75) is 24.3 Å². The van der Waals surface area contributed by atoms with Crippen LogP contribution in [0.2, 0.25) is 10.0 Å². The molecule has 0 heterocycles. The molecule has 0 aromatic heterocycles. The predicted octanol–water partition coefficient (Wildman–Crippen LogP) is 2.49. The zero-order valence-corrected chi connectivity index (χ0v) is 13.7. The van der Waals surface area contributed by atoms with Crippen LogP contribution in [0.4, 0.5) is 0 Å². The first-order chi connectivity index (χ1) is 9.90. The molecule has 0 amide bonds. The van der Waals surface area contributed by atoms with Crippen LogP contribution < -0.4 is 5.73 Å². The Morgan fingerprint density at radius 1 is 1.33 bits per heavy atom. The lowest BCUT2D eigenvalue weighted by Gasteiger charge is -2.21. The minimum absolute atomic E-state index is 0.00455. The van der Waals surface area contributed by atoms with Crippen molar-refractivity contribution in [3.8, 4) is 12.3 Å². The third kappa shape index (κ3) is 3.71. The van der Waals surface area contributed by atoms with Gasteiger partial charge in [0.1, 0.15) is 4.90 Å². The minimum atomic E-state index is -3.75. The van der Waals surface area contributed by atoms with Gasteiger partial charge in [-0.05, 0) is 36.5 Å². The molecule has 1 aromatic carbocycles. The van der Waals surface area contributed by atoms with Gasteiger partial charge in [0.25, 0.3) is 0 Å². The first-order valence-electron chi connectivity index (χ1n) is 6.51. The molecule has 1 aromatic rings. The van der Waals surface area contributed by atoms with E-state index in [1.807, 2.05) is 0 Å². The normalized spacial score (nSPS) is 15.2. The van der Waals surface area contributed by atoms with Gasteiger partial charge in [0.05, 0.1) is 11.6 Å². The smallest absolute Gasteiger partial charge is 0.245 e. The number of benzene rings is 1. The third-order valence-electron chi connectivity index (χ3n) is 3.37. The summed E-state index contributed by atoms with van der Waals surface area (Å²) in [5.41, 5.74) is 6.10. The number of nitrogens with zero attached hydrogens (tertiary/aromatic N) is 1. The molecule has 0 bridgehead atoms. The van der Waals surface area contributed by atoms with Crippen molar-refractivity contribution in [2.75, 3.05) is 13.1 Å². The summed E-state index contributed by atoms with van der Waals surface area (Å²) in [7, 11) is -3.75. The van der Waals surface area contributed by atoms with Gasteiger partial charge >= 0.3 is 0 Å². The standard InChI is InChI=1S/C14H16Cl2N2O2S/c1-2-5-18(9-10-3-4-10)21(19,20)14-6-11(8-17)12(15)7-13(14)16/h1,6-7,10H,3-5,8-9,17H2. The summed E-state index contributed by atoms with van der Waals surface area (Å²) in [4.78, 5) is 0.00455. The fourth-order valence-electron chi connectivity index (χ4n) is 2.00. The van der Waals surface area contributed by atoms with E-state index in [4.69, 9.17) is 35.4 Å². The Kier molecular flexibility index (Phi) is 5.18. The van der Waals surface area contributed by atoms with Crippen LogP contribution in [0.5, 0.6) is 0 Å². The van der Waals surface area contributed by atoms with Crippen LogP contribution in [0.15, 0.2) is 17.0 Å². The fourth-order valence-corrected chi connectivity index (χ4v) is 4.28. The van der Waals surface area contributed by atoms with Crippen LogP contribution >= 0.6 is 23.2 Å². The minimum Gasteiger partial charge on any atom is -0.326 e. The molecule has 1 aliphatic rings. The Bertz CT molecular complexity index is 679. The van der Waals surface area contributed by atoms with Gasteiger partial charge in [0, 0.05) is 18.1 Å². The Labute approximate surface area is 135 Å². The molecular weight excluding hydrogens is 331 g/mol. The highest BCUT2D eigenvalue weighted by atomic mass is 35.5. The molecule has 0 aliphatic heterocycles. The Morgan fingerprint density at radius 2 is 2.00 bits per heavy atom. The van der Waals surface area contributed by atoms with Crippen molar-refractivity contribution >= 4 is 33.2 Å². The molecule has 21 heavy (non-hydrogen) atoms. The molecular formula is C14H16Cl2N2O2S. The van der Waals surface area contributed by atoms with Crippen molar-refractivity contribution in [1.82, 2.24) is 4.31 Å². The fraction of sp³-hybridized carbons (Fsp3) is 0.429. The van der Waals surface area contributed by atoms with Crippen LogP contribution in [0.3, 0.4) is 0 Å². The van der Waals surface area contributed by atoms with E-state index in [1.54, 1.807) is 0 Å². The lowest BCUT2D eigenvalue weighted by Crippen LogP contribution is -2.33. The summed E-state index contributed by atoms with van der Waals surface area (Å²) in [6, 6.07) is 2.83. The van der Waals surface area contributed by atoms with Gasteiger partial charge in [-0.25, -0.2) is 8.42 Å². The highest BCUT2D eigenvalue weighted by Gasteiger charge is 2.32. The van der Waals surface area contributed by atoms with E-state index < -0.39 is 10.0 Å². The maximum Gasteiger partial charge on any atom is 0.245 e. The number of terminal acetylenes is 1. The molecule has 2 N–H and O–H groups in total. The summed E-state index contributed by atoms with van der Waals surface area (Å²) in [6.45, 7) is 0.579. The van der Waals surface area contributed by atoms with Gasteiger partial charge in [0.2, 0.25) is 10.0 Å². The van der Waals surface area contributed by atoms with Gasteiger partial charge in [-0.2, -0.15) is 4.31 Å². The second kappa shape index (κ2) is 6.55. The Morgan fingerprint density at radius 3 is 2.52 bits per heavy atom. The van der Waals surface area contributed by atoms with Crippen molar-refractivity contribution in [3.05, 3.63) is 27.7 Å². The van der Waals surface area contributed by atoms with Gasteiger partial charge < -0.3 is 5.73 Å².